The monoisotopic (exact) mass is 717 g/mol. The third-order valence-electron chi connectivity index (χ3n) is 10.3. The molecule has 0 amide bonds. The van der Waals surface area contributed by atoms with Crippen molar-refractivity contribution in [3.63, 3.8) is 0 Å². The van der Waals surface area contributed by atoms with Crippen molar-refractivity contribution < 1.29 is 0 Å². The van der Waals surface area contributed by atoms with E-state index in [4.69, 9.17) is 0 Å². The molecule has 0 unspecified atom stereocenters. The average molecular weight is 718 g/mol. The zero-order valence-corrected chi connectivity index (χ0v) is 34.9. The van der Waals surface area contributed by atoms with E-state index < -0.39 is 5.31 Å². The van der Waals surface area contributed by atoms with Gasteiger partial charge in [0.15, 0.2) is 0 Å². The van der Waals surface area contributed by atoms with E-state index in [1.807, 2.05) is 0 Å². The number of rotatable bonds is 39. The number of halogens is 1. The second-order valence-corrected chi connectivity index (χ2v) is 30.9. The summed E-state index contributed by atoms with van der Waals surface area (Å²) < 4.78 is 0. The van der Waals surface area contributed by atoms with E-state index in [-0.39, 0.29) is 0 Å². The second kappa shape index (κ2) is 34.8. The summed E-state index contributed by atoms with van der Waals surface area (Å²) >= 11 is 3.99. The minimum absolute atomic E-state index is 1.37. The molecule has 0 rings (SSSR count). The summed E-state index contributed by atoms with van der Waals surface area (Å²) in [7, 11) is 0. The topological polar surface area (TPSA) is 0 Å². The molecule has 0 aliphatic carbocycles. The summed E-state index contributed by atoms with van der Waals surface area (Å²) in [5.74, 6) is 0. The molecule has 0 bridgehead atoms. The van der Waals surface area contributed by atoms with E-state index in [0.29, 0.717) is 0 Å². The van der Waals surface area contributed by atoms with Crippen molar-refractivity contribution in [3.8, 4) is 0 Å². The molecule has 0 atom stereocenters. The Bertz CT molecular complexity index is 541. The Morgan fingerprint density at radius 1 is 0.244 bits per heavy atom. The fraction of sp³-hybridized carbons (Fsp3) is 1.00. The first kappa shape index (κ1) is 45.9. The van der Waals surface area contributed by atoms with Crippen molar-refractivity contribution in [2.45, 2.75) is 251 Å². The maximum atomic E-state index is 3.99. The Hall–Kier alpha value is 0.910. The first-order valence-corrected chi connectivity index (χ1v) is 27.3. The molecule has 274 valence electrons. The molecule has 2 heteroatoms. The van der Waals surface area contributed by atoms with Crippen molar-refractivity contribution >= 4 is 20.8 Å². The maximum absolute atomic E-state index is 3.99. The van der Waals surface area contributed by atoms with Crippen molar-refractivity contribution in [2.24, 2.45) is 0 Å². The fourth-order valence-electron chi connectivity index (χ4n) is 7.08. The molecule has 0 aromatic heterocycles. The van der Waals surface area contributed by atoms with Gasteiger partial charge >= 0.3 is 118 Å². The van der Waals surface area contributed by atoms with Crippen LogP contribution < -0.4 is 0 Å². The van der Waals surface area contributed by atoms with Gasteiger partial charge in [-0.15, -0.1) is 0 Å². The third-order valence-corrected chi connectivity index (χ3v) is 13.2. The van der Waals surface area contributed by atoms with Crippen LogP contribution in [0.2, 0.25) is 0 Å². The molecule has 0 aromatic carbocycles. The van der Waals surface area contributed by atoms with Crippen molar-refractivity contribution in [1.82, 2.24) is 0 Å². The molecular formula is C43H90BrP. The number of hydrogen-bond acceptors (Lipinski definition) is 0. The van der Waals surface area contributed by atoms with Gasteiger partial charge in [0.05, 0.1) is 0 Å². The summed E-state index contributed by atoms with van der Waals surface area (Å²) in [4.78, 5) is 0. The van der Waals surface area contributed by atoms with Gasteiger partial charge in [0.1, 0.15) is 0 Å². The van der Waals surface area contributed by atoms with E-state index in [0.717, 1.165) is 0 Å². The Labute approximate surface area is 296 Å². The molecule has 0 aliphatic rings. The van der Waals surface area contributed by atoms with Crippen LogP contribution in [0.3, 0.4) is 0 Å². The second-order valence-electron chi connectivity index (χ2n) is 16.7. The molecule has 0 heterocycles. The van der Waals surface area contributed by atoms with Gasteiger partial charge in [0.2, 0.25) is 0 Å². The van der Waals surface area contributed by atoms with Crippen LogP contribution in [0.4, 0.5) is 0 Å². The van der Waals surface area contributed by atoms with Gasteiger partial charge in [-0.05, 0) is 0 Å². The van der Waals surface area contributed by atoms with Crippen LogP contribution in [0.1, 0.15) is 251 Å². The first-order valence-electron chi connectivity index (χ1n) is 21.5. The molecule has 45 heavy (non-hydrogen) atoms. The van der Waals surface area contributed by atoms with Crippen LogP contribution in [-0.2, 0) is 0 Å². The molecule has 0 aromatic rings. The van der Waals surface area contributed by atoms with Gasteiger partial charge in [-0.2, -0.15) is 0 Å². The summed E-state index contributed by atoms with van der Waals surface area (Å²) in [6, 6.07) is 0. The van der Waals surface area contributed by atoms with E-state index in [1.165, 1.54) is 250 Å². The van der Waals surface area contributed by atoms with Gasteiger partial charge < -0.3 is 0 Å². The van der Waals surface area contributed by atoms with Crippen LogP contribution in [0.5, 0.6) is 0 Å². The summed E-state index contributed by atoms with van der Waals surface area (Å²) in [5, 5.41) is -1.43. The van der Waals surface area contributed by atoms with Gasteiger partial charge in [-0.25, -0.2) is 0 Å². The number of hydrogen-bond donors (Lipinski definition) is 0. The molecule has 0 spiro atoms. The van der Waals surface area contributed by atoms with Gasteiger partial charge in [-0.1, -0.05) is 180 Å². The number of unbranched alkanes of at least 4 members (excludes halogenated alkanes) is 37. The van der Waals surface area contributed by atoms with Crippen LogP contribution >= 0.6 is 20.8 Å². The molecule has 0 N–H and O–H groups in total. The Morgan fingerprint density at radius 2 is 0.378 bits per heavy atom. The van der Waals surface area contributed by atoms with E-state index in [2.05, 4.69) is 42.4 Å². The molecule has 0 fully saturated rings. The normalized spacial score (nSPS) is 13.0. The molecule has 0 aliphatic heterocycles. The van der Waals surface area contributed by atoms with Crippen molar-refractivity contribution in [2.75, 3.05) is 26.2 Å². The van der Waals surface area contributed by atoms with Crippen molar-refractivity contribution in [3.05, 3.63) is 0 Å². The standard InChI is InChI=1S/C43H90BrP/c1-5-6-7-8-9-10-11-12-13-14-15-16-17-18-19-20-21-22-23-24-25-26-27-28-29-30-31-32-33-34-35-36-37-38-39-40-41-42-43-45(2,3,4)44/h5-43H2,1-4H3. The summed E-state index contributed by atoms with van der Waals surface area (Å²) in [6.45, 7) is 9.63. The van der Waals surface area contributed by atoms with Crippen molar-refractivity contribution in [1.29, 1.82) is 0 Å². The first-order chi connectivity index (χ1) is 21.8. The predicted octanol–water partition coefficient (Wildman–Crippen LogP) is 17.6. The van der Waals surface area contributed by atoms with Gasteiger partial charge in [0.25, 0.3) is 0 Å². The summed E-state index contributed by atoms with van der Waals surface area (Å²) in [5.41, 5.74) is 0. The molecule has 0 radical (unpaired) electrons. The summed E-state index contributed by atoms with van der Waals surface area (Å²) in [6.07, 6.45) is 57.7. The molecular weight excluding hydrogens is 627 g/mol. The van der Waals surface area contributed by atoms with Gasteiger partial charge in [0, 0.05) is 0 Å². The zero-order chi connectivity index (χ0) is 33.0. The van der Waals surface area contributed by atoms with E-state index in [9.17, 15) is 0 Å². The zero-order valence-electron chi connectivity index (χ0n) is 32.4. The SMILES string of the molecule is CCCCCCCCCCCCCCCCCCCCCCCCCCCCCCCCCCCCCCCCP(C)(C)(C)Br. The fourth-order valence-corrected chi connectivity index (χ4v) is 9.13. The van der Waals surface area contributed by atoms with Gasteiger partial charge in [-0.3, -0.25) is 0 Å². The van der Waals surface area contributed by atoms with Crippen LogP contribution in [-0.4, -0.2) is 26.2 Å². The molecule has 0 saturated heterocycles. The third kappa shape index (κ3) is 44.9. The minimum atomic E-state index is -1.43. The molecule has 0 nitrogen and oxygen atoms in total. The quantitative estimate of drug-likeness (QED) is 0.0439. The van der Waals surface area contributed by atoms with E-state index in [1.54, 1.807) is 0 Å². The molecule has 0 saturated carbocycles. The predicted molar refractivity (Wildman–Crippen MR) is 220 cm³/mol. The van der Waals surface area contributed by atoms with Crippen LogP contribution in [0.15, 0.2) is 0 Å². The Balaban J connectivity index is 3.07. The Morgan fingerprint density at radius 3 is 0.511 bits per heavy atom. The Kier molecular flexibility index (Phi) is 35.5. The van der Waals surface area contributed by atoms with Crippen LogP contribution in [0.25, 0.3) is 0 Å². The average Bonchev–Trinajstić information content (AvgIpc) is 2.99. The van der Waals surface area contributed by atoms with E-state index >= 15 is 0 Å². The van der Waals surface area contributed by atoms with Crippen LogP contribution in [0, 0.1) is 0 Å².